The second kappa shape index (κ2) is 7.84. The van der Waals surface area contributed by atoms with Gasteiger partial charge in [0.2, 0.25) is 0 Å². The van der Waals surface area contributed by atoms with Crippen LogP contribution >= 0.6 is 11.6 Å². The van der Waals surface area contributed by atoms with Crippen LogP contribution in [0.3, 0.4) is 0 Å². The summed E-state index contributed by atoms with van der Waals surface area (Å²) in [6.45, 7) is 2.03. The number of halogens is 1. The van der Waals surface area contributed by atoms with Crippen molar-refractivity contribution < 1.29 is 14.4 Å². The van der Waals surface area contributed by atoms with Crippen molar-refractivity contribution in [1.29, 1.82) is 0 Å². The molecule has 1 aliphatic heterocycles. The van der Waals surface area contributed by atoms with Gasteiger partial charge >= 0.3 is 0 Å². The number of hydrogen-bond acceptors (Lipinski definition) is 3. The second-order valence-corrected chi connectivity index (χ2v) is 7.88. The van der Waals surface area contributed by atoms with E-state index in [0.29, 0.717) is 6.42 Å². The minimum Gasteiger partial charge on any atom is -0.272 e. The highest BCUT2D eigenvalue weighted by molar-refractivity contribution is 6.33. The van der Waals surface area contributed by atoms with Crippen LogP contribution in [0.1, 0.15) is 29.3 Å². The van der Waals surface area contributed by atoms with Crippen molar-refractivity contribution in [2.75, 3.05) is 0 Å². The Kier molecular flexibility index (Phi) is 5.24. The SMILES string of the molecule is C[C@@H]1C=CC[C@H]2C(=O)N(N(Cc3ccccc3)C(=O)c3ccccc3Cl)C(=O)[C@@H]12. The first-order valence-electron chi connectivity index (χ1n) is 9.63. The van der Waals surface area contributed by atoms with Crippen molar-refractivity contribution in [3.63, 3.8) is 0 Å². The molecule has 5 nitrogen and oxygen atoms in total. The van der Waals surface area contributed by atoms with Crippen LogP contribution in [0.2, 0.25) is 5.02 Å². The molecule has 1 saturated heterocycles. The van der Waals surface area contributed by atoms with Gasteiger partial charge in [-0.1, -0.05) is 73.1 Å². The van der Waals surface area contributed by atoms with Gasteiger partial charge in [-0.2, -0.15) is 5.01 Å². The van der Waals surface area contributed by atoms with E-state index in [-0.39, 0.29) is 34.9 Å². The summed E-state index contributed by atoms with van der Waals surface area (Å²) in [5, 5.41) is 2.58. The van der Waals surface area contributed by atoms with Crippen LogP contribution in [0, 0.1) is 17.8 Å². The predicted octanol–water partition coefficient (Wildman–Crippen LogP) is 4.09. The molecular weight excluding hydrogens is 388 g/mol. The Morgan fingerprint density at radius 1 is 1.07 bits per heavy atom. The van der Waals surface area contributed by atoms with Crippen LogP contribution in [-0.4, -0.2) is 27.7 Å². The van der Waals surface area contributed by atoms with Crippen molar-refractivity contribution in [3.05, 3.63) is 82.9 Å². The zero-order valence-corrected chi connectivity index (χ0v) is 16.8. The lowest BCUT2D eigenvalue weighted by atomic mass is 9.78. The van der Waals surface area contributed by atoms with Gasteiger partial charge in [-0.05, 0) is 30.0 Å². The summed E-state index contributed by atoms with van der Waals surface area (Å²) < 4.78 is 0. The number of hydrazine groups is 1. The highest BCUT2D eigenvalue weighted by Gasteiger charge is 2.53. The van der Waals surface area contributed by atoms with E-state index in [0.717, 1.165) is 10.6 Å². The molecule has 4 rings (SSSR count). The van der Waals surface area contributed by atoms with Gasteiger partial charge in [0.25, 0.3) is 17.7 Å². The number of allylic oxidation sites excluding steroid dienone is 2. The van der Waals surface area contributed by atoms with Crippen molar-refractivity contribution in [3.8, 4) is 0 Å². The fourth-order valence-corrected chi connectivity index (χ4v) is 4.35. The number of rotatable bonds is 4. The summed E-state index contributed by atoms with van der Waals surface area (Å²) in [7, 11) is 0. The van der Waals surface area contributed by atoms with Crippen LogP contribution in [0.25, 0.3) is 0 Å². The van der Waals surface area contributed by atoms with Gasteiger partial charge in [0.1, 0.15) is 0 Å². The number of fused-ring (bicyclic) bond motifs is 1. The molecule has 1 aliphatic carbocycles. The monoisotopic (exact) mass is 408 g/mol. The maximum absolute atomic E-state index is 13.4. The van der Waals surface area contributed by atoms with Crippen LogP contribution in [-0.2, 0) is 16.1 Å². The summed E-state index contributed by atoms with van der Waals surface area (Å²) in [5.41, 5.74) is 1.07. The Morgan fingerprint density at radius 3 is 2.45 bits per heavy atom. The summed E-state index contributed by atoms with van der Waals surface area (Å²) in [6, 6.07) is 16.0. The molecule has 0 unspecified atom stereocenters. The molecule has 148 valence electrons. The van der Waals surface area contributed by atoms with Crippen LogP contribution in [0.15, 0.2) is 66.7 Å². The Labute approximate surface area is 174 Å². The zero-order chi connectivity index (χ0) is 20.5. The van der Waals surface area contributed by atoms with Crippen molar-refractivity contribution in [1.82, 2.24) is 10.0 Å². The highest BCUT2D eigenvalue weighted by atomic mass is 35.5. The van der Waals surface area contributed by atoms with E-state index < -0.39 is 17.7 Å². The van der Waals surface area contributed by atoms with E-state index in [1.54, 1.807) is 24.3 Å². The summed E-state index contributed by atoms with van der Waals surface area (Å²) in [6.07, 6.45) is 4.42. The van der Waals surface area contributed by atoms with E-state index in [9.17, 15) is 14.4 Å². The van der Waals surface area contributed by atoms with Gasteiger partial charge in [-0.3, -0.25) is 14.4 Å². The minimum atomic E-state index is -0.472. The van der Waals surface area contributed by atoms with Gasteiger partial charge in [0.15, 0.2) is 0 Å². The Bertz CT molecular complexity index is 989. The van der Waals surface area contributed by atoms with Crippen molar-refractivity contribution in [2.24, 2.45) is 17.8 Å². The molecule has 2 aromatic carbocycles. The van der Waals surface area contributed by atoms with Crippen LogP contribution in [0.4, 0.5) is 0 Å². The van der Waals surface area contributed by atoms with Gasteiger partial charge in [-0.15, -0.1) is 0 Å². The lowest BCUT2D eigenvalue weighted by Gasteiger charge is -2.31. The molecule has 0 saturated carbocycles. The molecule has 1 fully saturated rings. The third-order valence-electron chi connectivity index (χ3n) is 5.60. The number of carbonyl (C=O) groups excluding carboxylic acids is 3. The largest absolute Gasteiger partial charge is 0.274 e. The Balaban J connectivity index is 1.74. The molecule has 0 N–H and O–H groups in total. The average Bonchev–Trinajstić information content (AvgIpc) is 2.98. The van der Waals surface area contributed by atoms with Gasteiger partial charge in [0, 0.05) is 0 Å². The number of benzene rings is 2. The van der Waals surface area contributed by atoms with E-state index in [1.165, 1.54) is 5.01 Å². The van der Waals surface area contributed by atoms with E-state index in [4.69, 9.17) is 11.6 Å². The molecular formula is C23H21ClN2O3. The average molecular weight is 409 g/mol. The number of imide groups is 1. The second-order valence-electron chi connectivity index (χ2n) is 7.47. The van der Waals surface area contributed by atoms with Gasteiger partial charge in [0.05, 0.1) is 29.0 Å². The molecule has 3 amide bonds. The fraction of sp³-hybridized carbons (Fsp3) is 0.261. The van der Waals surface area contributed by atoms with Gasteiger partial charge < -0.3 is 0 Å². The molecule has 0 spiro atoms. The van der Waals surface area contributed by atoms with E-state index in [2.05, 4.69) is 0 Å². The molecule has 0 radical (unpaired) electrons. The lowest BCUT2D eigenvalue weighted by Crippen LogP contribution is -2.50. The third kappa shape index (κ3) is 3.47. The lowest BCUT2D eigenvalue weighted by molar-refractivity contribution is -0.155. The fourth-order valence-electron chi connectivity index (χ4n) is 4.13. The van der Waals surface area contributed by atoms with Crippen LogP contribution in [0.5, 0.6) is 0 Å². The normalized spacial score (nSPS) is 23.2. The summed E-state index contributed by atoms with van der Waals surface area (Å²) in [5.74, 6) is -2.05. The maximum atomic E-state index is 13.4. The number of carbonyl (C=O) groups is 3. The highest BCUT2D eigenvalue weighted by Crippen LogP contribution is 2.39. The Hall–Kier alpha value is -2.92. The quantitative estimate of drug-likeness (QED) is 0.565. The van der Waals surface area contributed by atoms with Crippen molar-refractivity contribution >= 4 is 29.3 Å². The molecule has 29 heavy (non-hydrogen) atoms. The molecule has 6 heteroatoms. The minimum absolute atomic E-state index is 0.0517. The number of hydrogen-bond donors (Lipinski definition) is 0. The zero-order valence-electron chi connectivity index (χ0n) is 16.0. The third-order valence-corrected chi connectivity index (χ3v) is 5.93. The first kappa shape index (κ1) is 19.4. The molecule has 0 aromatic heterocycles. The summed E-state index contributed by atoms with van der Waals surface area (Å²) >= 11 is 6.24. The van der Waals surface area contributed by atoms with Crippen molar-refractivity contribution in [2.45, 2.75) is 19.9 Å². The van der Waals surface area contributed by atoms with E-state index >= 15 is 0 Å². The molecule has 2 aliphatic rings. The molecule has 2 aromatic rings. The maximum Gasteiger partial charge on any atom is 0.274 e. The molecule has 0 bridgehead atoms. The molecule has 1 heterocycles. The predicted molar refractivity (Wildman–Crippen MR) is 110 cm³/mol. The smallest absolute Gasteiger partial charge is 0.272 e. The van der Waals surface area contributed by atoms with Crippen LogP contribution < -0.4 is 0 Å². The Morgan fingerprint density at radius 2 is 1.76 bits per heavy atom. The first-order valence-corrected chi connectivity index (χ1v) is 10.0. The van der Waals surface area contributed by atoms with Gasteiger partial charge in [-0.25, -0.2) is 5.01 Å². The summed E-state index contributed by atoms with van der Waals surface area (Å²) in [4.78, 5) is 39.9. The standard InChI is InChI=1S/C23H21ClN2O3/c1-15-8-7-12-18-20(15)23(29)26(22(18)28)25(14-16-9-3-2-4-10-16)21(27)17-11-5-6-13-19(17)24/h2-11,13,15,18,20H,12,14H2,1H3/t15-,18-,20+/m1/s1. The molecule has 3 atom stereocenters. The van der Waals surface area contributed by atoms with E-state index in [1.807, 2.05) is 49.4 Å². The topological polar surface area (TPSA) is 57.7 Å². The number of nitrogens with zero attached hydrogens (tertiary/aromatic N) is 2. The number of amides is 3. The first-order chi connectivity index (χ1) is 14.0.